The molecule has 1 saturated heterocycles. The summed E-state index contributed by atoms with van der Waals surface area (Å²) < 4.78 is 15.5. The number of esters is 2. The third kappa shape index (κ3) is 4.96. The lowest BCUT2D eigenvalue weighted by atomic mass is 10.1. The van der Waals surface area contributed by atoms with Crippen LogP contribution < -0.4 is 15.4 Å². The maximum absolute atomic E-state index is 12.8. The van der Waals surface area contributed by atoms with Crippen LogP contribution in [0.5, 0.6) is 5.75 Å². The van der Waals surface area contributed by atoms with E-state index in [1.165, 1.54) is 20.0 Å². The van der Waals surface area contributed by atoms with E-state index in [1.54, 1.807) is 48.5 Å². The number of benzene rings is 2. The monoisotopic (exact) mass is 410 g/mol. The average Bonchev–Trinajstić information content (AvgIpc) is 2.67. The highest BCUT2D eigenvalue weighted by Gasteiger charge is 2.39. The van der Waals surface area contributed by atoms with Crippen LogP contribution in [-0.4, -0.2) is 30.2 Å². The van der Waals surface area contributed by atoms with E-state index in [2.05, 4.69) is 10.6 Å². The second-order valence-corrected chi connectivity index (χ2v) is 6.84. The highest BCUT2D eigenvalue weighted by atomic mass is 16.7. The number of ether oxygens (including phenoxy) is 3. The van der Waals surface area contributed by atoms with Crippen LogP contribution in [-0.2, 0) is 19.1 Å². The Morgan fingerprint density at radius 3 is 2.47 bits per heavy atom. The van der Waals surface area contributed by atoms with Crippen LogP contribution in [0.25, 0.3) is 0 Å². The Morgan fingerprint density at radius 2 is 1.77 bits per heavy atom. The van der Waals surface area contributed by atoms with Gasteiger partial charge in [0.05, 0.1) is 17.9 Å². The summed E-state index contributed by atoms with van der Waals surface area (Å²) in [5.41, 5.74) is 0.984. The Labute approximate surface area is 173 Å². The molecule has 156 valence electrons. The number of carbonyl (C=O) groups is 3. The summed E-state index contributed by atoms with van der Waals surface area (Å²) in [6.45, 7) is 5.32. The first-order valence-electron chi connectivity index (χ1n) is 9.35. The molecular weight excluding hydrogens is 388 g/mol. The average molecular weight is 410 g/mol. The Kier molecular flexibility index (Phi) is 6.06. The van der Waals surface area contributed by atoms with Gasteiger partial charge < -0.3 is 24.8 Å². The summed E-state index contributed by atoms with van der Waals surface area (Å²) >= 11 is 0. The summed E-state index contributed by atoms with van der Waals surface area (Å²) in [4.78, 5) is 36.9. The van der Waals surface area contributed by atoms with Gasteiger partial charge in [-0.1, -0.05) is 18.2 Å². The summed E-state index contributed by atoms with van der Waals surface area (Å²) in [5, 5.41) is 5.62. The Balaban J connectivity index is 1.78. The topological polar surface area (TPSA) is 103 Å². The predicted octanol–water partition coefficient (Wildman–Crippen LogP) is 3.47. The zero-order valence-corrected chi connectivity index (χ0v) is 16.9. The van der Waals surface area contributed by atoms with Gasteiger partial charge in [0.25, 0.3) is 11.7 Å². The van der Waals surface area contributed by atoms with Crippen LogP contribution in [0.3, 0.4) is 0 Å². The van der Waals surface area contributed by atoms with Gasteiger partial charge in [-0.25, -0.2) is 9.59 Å². The molecule has 8 nitrogen and oxygen atoms in total. The van der Waals surface area contributed by atoms with Crippen LogP contribution in [0, 0.1) is 0 Å². The largest absolute Gasteiger partial charge is 0.494 e. The van der Waals surface area contributed by atoms with Gasteiger partial charge in [-0.05, 0) is 31.2 Å². The maximum atomic E-state index is 12.8. The minimum atomic E-state index is -1.32. The molecule has 0 unspecified atom stereocenters. The lowest BCUT2D eigenvalue weighted by Crippen LogP contribution is -2.42. The van der Waals surface area contributed by atoms with Gasteiger partial charge in [-0.2, -0.15) is 0 Å². The van der Waals surface area contributed by atoms with Gasteiger partial charge in [-0.3, -0.25) is 4.79 Å². The van der Waals surface area contributed by atoms with Crippen molar-refractivity contribution in [3.63, 3.8) is 0 Å². The fourth-order valence-electron chi connectivity index (χ4n) is 2.76. The zero-order valence-electron chi connectivity index (χ0n) is 16.9. The number of carbonyl (C=O) groups excluding carboxylic acids is 3. The van der Waals surface area contributed by atoms with E-state index in [0.29, 0.717) is 29.3 Å². The van der Waals surface area contributed by atoms with Crippen LogP contribution in [0.15, 0.2) is 60.3 Å². The van der Waals surface area contributed by atoms with Crippen molar-refractivity contribution in [3.05, 3.63) is 65.9 Å². The summed E-state index contributed by atoms with van der Waals surface area (Å²) in [7, 11) is 0. The van der Waals surface area contributed by atoms with Crippen molar-refractivity contribution >= 4 is 29.2 Å². The van der Waals surface area contributed by atoms with Crippen LogP contribution in [0.4, 0.5) is 11.4 Å². The number of rotatable bonds is 6. The van der Waals surface area contributed by atoms with E-state index in [1.807, 2.05) is 6.92 Å². The van der Waals surface area contributed by atoms with Crippen molar-refractivity contribution < 1.29 is 28.6 Å². The van der Waals surface area contributed by atoms with E-state index in [0.717, 1.165) is 0 Å². The lowest BCUT2D eigenvalue weighted by molar-refractivity contribution is -0.222. The normalized spacial score (nSPS) is 15.0. The predicted molar refractivity (Wildman–Crippen MR) is 110 cm³/mol. The smallest absolute Gasteiger partial charge is 0.350 e. The quantitative estimate of drug-likeness (QED) is 0.427. The van der Waals surface area contributed by atoms with Gasteiger partial charge in [0.2, 0.25) is 0 Å². The number of hydrogen-bond acceptors (Lipinski definition) is 7. The first-order chi connectivity index (χ1) is 14.3. The lowest BCUT2D eigenvalue weighted by Gasteiger charge is -2.29. The highest BCUT2D eigenvalue weighted by molar-refractivity contribution is 6.15. The molecule has 0 aliphatic carbocycles. The molecule has 0 spiro atoms. The zero-order chi connectivity index (χ0) is 21.7. The van der Waals surface area contributed by atoms with E-state index < -0.39 is 17.7 Å². The number of amides is 1. The molecule has 1 aliphatic rings. The molecule has 1 fully saturated rings. The molecule has 30 heavy (non-hydrogen) atoms. The molecule has 0 radical (unpaired) electrons. The second-order valence-electron chi connectivity index (χ2n) is 6.84. The molecule has 0 atom stereocenters. The molecule has 0 bridgehead atoms. The first-order valence-corrected chi connectivity index (χ1v) is 9.35. The summed E-state index contributed by atoms with van der Waals surface area (Å²) in [6, 6.07) is 13.7. The van der Waals surface area contributed by atoms with Crippen LogP contribution >= 0.6 is 0 Å². The van der Waals surface area contributed by atoms with Gasteiger partial charge in [0, 0.05) is 31.8 Å². The number of cyclic esters (lactones) is 2. The molecule has 1 aliphatic heterocycles. The van der Waals surface area contributed by atoms with Crippen molar-refractivity contribution in [1.82, 2.24) is 0 Å². The molecular formula is C22H22N2O6. The van der Waals surface area contributed by atoms with Gasteiger partial charge >= 0.3 is 11.9 Å². The minimum Gasteiger partial charge on any atom is -0.494 e. The molecule has 3 rings (SSSR count). The van der Waals surface area contributed by atoms with Crippen molar-refractivity contribution in [2.45, 2.75) is 26.6 Å². The molecule has 1 heterocycles. The number of nitrogens with one attached hydrogen (secondary N) is 2. The Morgan fingerprint density at radius 1 is 1.07 bits per heavy atom. The third-order valence-electron chi connectivity index (χ3n) is 4.06. The van der Waals surface area contributed by atoms with Crippen molar-refractivity contribution in [3.8, 4) is 5.75 Å². The van der Waals surface area contributed by atoms with Gasteiger partial charge in [0.1, 0.15) is 5.75 Å². The molecule has 2 N–H and O–H groups in total. The SMILES string of the molecule is CCOc1cccc(NC(=O)c2ccccc2NC=C2C(=O)OC(C)(C)OC2=O)c1. The van der Waals surface area contributed by atoms with Crippen LogP contribution in [0.2, 0.25) is 0 Å². The van der Waals surface area contributed by atoms with E-state index in [-0.39, 0.29) is 11.5 Å². The molecule has 8 heteroatoms. The molecule has 0 saturated carbocycles. The van der Waals surface area contributed by atoms with Gasteiger partial charge in [-0.15, -0.1) is 0 Å². The van der Waals surface area contributed by atoms with E-state index >= 15 is 0 Å². The van der Waals surface area contributed by atoms with E-state index in [4.69, 9.17) is 14.2 Å². The summed E-state index contributed by atoms with van der Waals surface area (Å²) in [5.74, 6) is -2.67. The molecule has 2 aromatic rings. The standard InChI is InChI=1S/C22H22N2O6/c1-4-28-15-9-7-8-14(12-15)24-19(25)16-10-5-6-11-18(16)23-13-17-20(26)29-22(2,3)30-21(17)27/h5-13,23H,4H2,1-3H3,(H,24,25). The fraction of sp³-hybridized carbons (Fsp3) is 0.227. The van der Waals surface area contributed by atoms with Crippen molar-refractivity contribution in [2.24, 2.45) is 0 Å². The Hall–Kier alpha value is -3.81. The Bertz CT molecular complexity index is 990. The molecule has 0 aromatic heterocycles. The van der Waals surface area contributed by atoms with Gasteiger partial charge in [0.15, 0.2) is 5.57 Å². The molecule has 1 amide bonds. The fourth-order valence-corrected chi connectivity index (χ4v) is 2.76. The number of para-hydroxylation sites is 1. The third-order valence-corrected chi connectivity index (χ3v) is 4.06. The number of hydrogen-bond donors (Lipinski definition) is 2. The van der Waals surface area contributed by atoms with Crippen LogP contribution in [0.1, 0.15) is 31.1 Å². The number of anilines is 2. The van der Waals surface area contributed by atoms with E-state index in [9.17, 15) is 14.4 Å². The van der Waals surface area contributed by atoms with Crippen molar-refractivity contribution in [2.75, 3.05) is 17.2 Å². The summed E-state index contributed by atoms with van der Waals surface area (Å²) in [6.07, 6.45) is 1.17. The molecule has 2 aromatic carbocycles. The second kappa shape index (κ2) is 8.69. The highest BCUT2D eigenvalue weighted by Crippen LogP contribution is 2.24. The first kappa shape index (κ1) is 20.9. The van der Waals surface area contributed by atoms with Crippen molar-refractivity contribution in [1.29, 1.82) is 0 Å². The maximum Gasteiger partial charge on any atom is 0.350 e. The minimum absolute atomic E-state index is 0.297.